The van der Waals surface area contributed by atoms with Crippen molar-refractivity contribution in [2.45, 2.75) is 239 Å². The third kappa shape index (κ3) is 33.3. The summed E-state index contributed by atoms with van der Waals surface area (Å²) in [4.78, 5) is 27.6. The molecular formula is C49H86O55S9. The lowest BCUT2D eigenvalue weighted by Crippen LogP contribution is -2.70. The van der Waals surface area contributed by atoms with E-state index in [-0.39, 0.29) is 38.5 Å². The SMILES string of the molecule is CCCCCCCCO[C@@H]1[C@@H](OS(=O)(=O)O)[C@H](O[C@H]2[C@H](OS(=O)(=O)O)[C@@H](OS(=O)(=O)O)[C@@H](OC)O[C@@H]2COS(=O)(=O)O)O[C@@H](C(=O)O)[C@H]1O[C@@H]1O[C@H](COS(=O)(=O)O)[C@@H](O[C@@H]2O[C@H](C(=O)O)[C@@H](O[C@@H]3O[C@H](COS(=O)(=O)O)[C@@H](OC)[C@H](OC)[C@H]3OS(=O)(=O)O)[C@H](OCCCC)[C@H]2OCCCC)[C@H](OS(=O)(=O)O)[C@H]1OS(=O)(=O)O. The summed E-state index contributed by atoms with van der Waals surface area (Å²) in [6, 6.07) is 0. The first-order chi connectivity index (χ1) is 52.0. The molecule has 25 atom stereocenters. The number of unbranched alkanes of at least 4 members (excludes halogenated alkanes) is 7. The minimum absolute atomic E-state index is 0.00395. The van der Waals surface area contributed by atoms with Gasteiger partial charge in [-0.3, -0.25) is 41.0 Å². The van der Waals surface area contributed by atoms with E-state index in [2.05, 4.69) is 20.9 Å². The fraction of sp³-hybridized carbons (Fsp3) is 0.959. The largest absolute Gasteiger partial charge is 0.479 e. The Hall–Kier alpha value is -2.83. The zero-order valence-electron chi connectivity index (χ0n) is 59.3. The molecule has 5 aliphatic heterocycles. The first kappa shape index (κ1) is 101. The van der Waals surface area contributed by atoms with Gasteiger partial charge in [0.05, 0.1) is 19.8 Å². The molecule has 0 aromatic carbocycles. The van der Waals surface area contributed by atoms with Crippen molar-refractivity contribution in [2.75, 3.05) is 61.0 Å². The van der Waals surface area contributed by atoms with Crippen LogP contribution in [0.3, 0.4) is 0 Å². The van der Waals surface area contributed by atoms with E-state index in [1.807, 2.05) is 6.92 Å². The van der Waals surface area contributed by atoms with Crippen LogP contribution in [0.15, 0.2) is 0 Å². The molecule has 0 aliphatic carbocycles. The van der Waals surface area contributed by atoms with E-state index >= 15 is 0 Å². The number of hydrogen-bond acceptors (Lipinski definition) is 44. The Kier molecular flexibility index (Phi) is 38.4. The van der Waals surface area contributed by atoms with Crippen LogP contribution in [0.5, 0.6) is 0 Å². The van der Waals surface area contributed by atoms with Crippen molar-refractivity contribution >= 4 is 106 Å². The molecule has 5 saturated heterocycles. The minimum atomic E-state index is -6.42. The number of carboxylic acids is 2. The predicted molar refractivity (Wildman–Crippen MR) is 350 cm³/mol. The first-order valence-electron chi connectivity index (χ1n) is 32.6. The molecule has 5 aliphatic rings. The third-order valence-electron chi connectivity index (χ3n) is 16.2. The Morgan fingerprint density at radius 1 is 0.274 bits per heavy atom. The summed E-state index contributed by atoms with van der Waals surface area (Å²) < 4.78 is 445. The molecule has 55 nitrogen and oxygen atoms in total. The Morgan fingerprint density at radius 2 is 0.540 bits per heavy atom. The zero-order valence-corrected chi connectivity index (χ0v) is 66.7. The number of hydrogen-bond donors (Lipinski definition) is 11. The lowest BCUT2D eigenvalue weighted by molar-refractivity contribution is -0.387. The van der Waals surface area contributed by atoms with Gasteiger partial charge in [-0.05, 0) is 19.3 Å². The summed E-state index contributed by atoms with van der Waals surface area (Å²) in [5.41, 5.74) is 0. The molecule has 0 saturated carbocycles. The summed E-state index contributed by atoms with van der Waals surface area (Å²) >= 11 is 0. The van der Waals surface area contributed by atoms with E-state index in [1.165, 1.54) is 0 Å². The molecule has 0 unspecified atom stereocenters. The highest BCUT2D eigenvalue weighted by atomic mass is 32.3. The topological polar surface area (TPSA) is 785 Å². The van der Waals surface area contributed by atoms with E-state index < -0.39 is 299 Å². The third-order valence-corrected chi connectivity index (χ3v) is 20.3. The van der Waals surface area contributed by atoms with Gasteiger partial charge in [0.2, 0.25) is 0 Å². The molecule has 64 heteroatoms. The van der Waals surface area contributed by atoms with Gasteiger partial charge in [0, 0.05) is 41.2 Å². The number of methoxy groups -OCH3 is 3. The number of rotatable bonds is 50. The smallest absolute Gasteiger partial charge is 0.397 e. The van der Waals surface area contributed by atoms with E-state index in [0.29, 0.717) is 32.8 Å². The fourth-order valence-electron chi connectivity index (χ4n) is 11.8. The molecule has 0 bridgehead atoms. The van der Waals surface area contributed by atoms with Gasteiger partial charge in [0.1, 0.15) is 85.5 Å². The van der Waals surface area contributed by atoms with Crippen LogP contribution in [0, 0.1) is 0 Å². The number of ether oxygens (including phenoxy) is 15. The van der Waals surface area contributed by atoms with Crippen LogP contribution in [0.4, 0.5) is 0 Å². The number of aliphatic carboxylic acids is 2. The zero-order chi connectivity index (χ0) is 85.4. The molecule has 11 N–H and O–H groups in total. The van der Waals surface area contributed by atoms with Crippen molar-refractivity contribution in [1.82, 2.24) is 0 Å². The van der Waals surface area contributed by atoms with Crippen molar-refractivity contribution in [3.05, 3.63) is 0 Å². The second kappa shape index (κ2) is 43.1. The van der Waals surface area contributed by atoms with E-state index in [9.17, 15) is 137 Å². The lowest BCUT2D eigenvalue weighted by atomic mass is 9.94. The van der Waals surface area contributed by atoms with E-state index in [4.69, 9.17) is 87.8 Å². The molecular weight excluding hydrogens is 1760 g/mol. The number of carbonyl (C=O) groups is 2. The average Bonchev–Trinajstić information content (AvgIpc) is 0.749. The van der Waals surface area contributed by atoms with Gasteiger partial charge in [-0.1, -0.05) is 65.7 Å². The maximum Gasteiger partial charge on any atom is 0.397 e. The molecule has 113 heavy (non-hydrogen) atoms. The van der Waals surface area contributed by atoms with Crippen molar-refractivity contribution in [3.63, 3.8) is 0 Å². The molecule has 0 amide bonds. The maximum absolute atomic E-state index is 13.8. The normalized spacial score (nSPS) is 33.6. The fourth-order valence-corrected chi connectivity index (χ4v) is 15.6. The molecule has 0 aromatic heterocycles. The highest BCUT2D eigenvalue weighted by Gasteiger charge is 2.64. The van der Waals surface area contributed by atoms with Crippen LogP contribution >= 0.6 is 0 Å². The highest BCUT2D eigenvalue weighted by molar-refractivity contribution is 7.82. The molecule has 5 rings (SSSR count). The van der Waals surface area contributed by atoms with Gasteiger partial charge in [-0.25, -0.2) is 47.2 Å². The molecule has 0 spiro atoms. The first-order valence-corrected chi connectivity index (χ1v) is 44.9. The van der Waals surface area contributed by atoms with Gasteiger partial charge in [0.25, 0.3) is 0 Å². The lowest BCUT2D eigenvalue weighted by Gasteiger charge is -2.51. The molecule has 5 heterocycles. The second-order valence-corrected chi connectivity index (χ2v) is 33.8. The van der Waals surface area contributed by atoms with Crippen molar-refractivity contribution in [3.8, 4) is 0 Å². The molecule has 0 radical (unpaired) electrons. The minimum Gasteiger partial charge on any atom is -0.479 e. The Bertz CT molecular complexity index is 4120. The van der Waals surface area contributed by atoms with Crippen molar-refractivity contribution < 1.29 is 245 Å². The second-order valence-electron chi connectivity index (χ2n) is 24.2. The van der Waals surface area contributed by atoms with Crippen LogP contribution in [0.2, 0.25) is 0 Å². The molecule has 666 valence electrons. The van der Waals surface area contributed by atoms with Gasteiger partial charge in [0.15, 0.2) is 68.1 Å². The summed E-state index contributed by atoms with van der Waals surface area (Å²) in [7, 11) is -51.6. The van der Waals surface area contributed by atoms with E-state index in [0.717, 1.165) is 14.2 Å². The quantitative estimate of drug-likeness (QED) is 0.0203. The average molecular weight is 1840 g/mol. The van der Waals surface area contributed by atoms with Crippen molar-refractivity contribution in [2.24, 2.45) is 0 Å². The summed E-state index contributed by atoms with van der Waals surface area (Å²) in [6.45, 7) is -1.87. The van der Waals surface area contributed by atoms with Crippen LogP contribution in [-0.2, 0) is 212 Å². The van der Waals surface area contributed by atoms with Crippen LogP contribution in [0.25, 0.3) is 0 Å². The van der Waals surface area contributed by atoms with Crippen LogP contribution < -0.4 is 0 Å². The number of carboxylic acid groups (broad SMARTS) is 2. The van der Waals surface area contributed by atoms with Crippen LogP contribution in [-0.4, -0.2) is 353 Å². The monoisotopic (exact) mass is 1840 g/mol. The summed E-state index contributed by atoms with van der Waals surface area (Å²) in [5, 5.41) is 22.2. The van der Waals surface area contributed by atoms with Gasteiger partial charge in [-0.15, -0.1) is 0 Å². The molecule has 5 fully saturated rings. The van der Waals surface area contributed by atoms with Crippen molar-refractivity contribution in [1.29, 1.82) is 0 Å². The standard InChI is InChI=1S/C49H86O55S9/c1-7-10-13-14-15-16-19-85-31-33(37(44(52)53)98-49(40(31)102-111(72,73)74)94-27-24(21-88-106(57,58)59)90-45(83-6)41(103-112(75,76)77)34(27)99-108(63,64)65)96-48-42(104-113(78,79)80)35(100-109(66,67)68)28(25(92-48)22-89-107(60,61)62)93-46-38(86-18-12-9-3)30(84-17-11-8-2)32(36(97-46)43(50)51)95-47-39(101-110(69,70)71)29(82-5)26(81-4)23(91-47)20-87-105(54,55)56/h23-42,45-49H,7-22H2,1-6H3,(H,50,51)(H,52,53)(H,54,55,56)(H,57,58,59)(H,60,61,62)(H,63,64,65)(H,66,67,68)(H,69,70,71)(H,72,73,74)(H,75,76,77)(H,78,79,80)/t23-,24-,25-,26-,27-,28-,29+,30+,31+,32+,33+,34+,35+,36+,37-,38-,39-,40-,41-,42-,45+,46-,47+,48+,49-/m1/s1. The predicted octanol–water partition coefficient (Wildman–Crippen LogP) is -4.30. The Balaban J connectivity index is 1.82. The summed E-state index contributed by atoms with van der Waals surface area (Å²) in [6.07, 6.45) is -66.0. The van der Waals surface area contributed by atoms with Gasteiger partial charge < -0.3 is 81.3 Å². The Labute approximate surface area is 646 Å². The Morgan fingerprint density at radius 3 is 0.876 bits per heavy atom. The summed E-state index contributed by atoms with van der Waals surface area (Å²) in [5.74, 6) is -4.69. The van der Waals surface area contributed by atoms with Crippen LogP contribution in [0.1, 0.15) is 85.0 Å². The van der Waals surface area contributed by atoms with Gasteiger partial charge in [-0.2, -0.15) is 75.8 Å². The van der Waals surface area contributed by atoms with Gasteiger partial charge >= 0.3 is 106 Å². The maximum atomic E-state index is 13.8. The molecule has 0 aromatic rings. The highest BCUT2D eigenvalue weighted by Crippen LogP contribution is 2.42. The van der Waals surface area contributed by atoms with E-state index in [1.54, 1.807) is 13.8 Å².